The molecule has 0 aliphatic carbocycles. The molecular weight excluding hydrogens is 330 g/mol. The summed E-state index contributed by atoms with van der Waals surface area (Å²) in [6, 6.07) is 14.0. The molecule has 0 aliphatic heterocycles. The van der Waals surface area contributed by atoms with Crippen molar-refractivity contribution in [2.24, 2.45) is 0 Å². The number of phenols is 1. The fourth-order valence-corrected chi connectivity index (χ4v) is 2.41. The molecule has 2 aromatic carbocycles. The average molecular weight is 350 g/mol. The Bertz CT molecular complexity index is 584. The molecule has 4 heteroatoms. The molecule has 0 saturated carbocycles. The van der Waals surface area contributed by atoms with Crippen molar-refractivity contribution in [3.63, 3.8) is 0 Å². The minimum Gasteiger partial charge on any atom is -0.507 e. The number of nitrogens with one attached hydrogen (secondary N) is 1. The molecule has 0 bridgehead atoms. The molecule has 0 aliphatic rings. The smallest absolute Gasteiger partial charge is 0.123 e. The molecule has 0 spiro atoms. The number of hydrogen-bond donors (Lipinski definition) is 2. The number of methoxy groups -OCH3 is 1. The Morgan fingerprint density at radius 3 is 2.52 bits per heavy atom. The Balaban J connectivity index is 1.89. The summed E-state index contributed by atoms with van der Waals surface area (Å²) in [4.78, 5) is 0. The van der Waals surface area contributed by atoms with Gasteiger partial charge in [0.05, 0.1) is 7.11 Å². The van der Waals surface area contributed by atoms with Crippen LogP contribution < -0.4 is 10.1 Å². The molecule has 3 nitrogen and oxygen atoms in total. The largest absolute Gasteiger partial charge is 0.507 e. The van der Waals surface area contributed by atoms with Crippen LogP contribution >= 0.6 is 15.9 Å². The third-order valence-corrected chi connectivity index (χ3v) is 3.92. The molecule has 0 radical (unpaired) electrons. The molecule has 0 aromatic heterocycles. The lowest BCUT2D eigenvalue weighted by atomic mass is 10.1. The maximum absolute atomic E-state index is 9.93. The molecule has 21 heavy (non-hydrogen) atoms. The van der Waals surface area contributed by atoms with Crippen LogP contribution in [-0.2, 0) is 13.0 Å². The maximum Gasteiger partial charge on any atom is 0.123 e. The standard InChI is InChI=1S/C17H20BrNO2/c1-12(9-13-3-6-15(18)7-4-13)19-11-14-5-8-16(21-2)10-17(14)20/h3-8,10,12,19-20H,9,11H2,1-2H3. The second-order valence-corrected chi connectivity index (χ2v) is 6.02. The van der Waals surface area contributed by atoms with E-state index in [4.69, 9.17) is 4.74 Å². The SMILES string of the molecule is COc1ccc(CNC(C)Cc2ccc(Br)cc2)c(O)c1. The quantitative estimate of drug-likeness (QED) is 0.831. The van der Waals surface area contributed by atoms with Gasteiger partial charge >= 0.3 is 0 Å². The first kappa shape index (κ1) is 15.9. The van der Waals surface area contributed by atoms with Gasteiger partial charge in [-0.15, -0.1) is 0 Å². The third-order valence-electron chi connectivity index (χ3n) is 3.39. The van der Waals surface area contributed by atoms with Gasteiger partial charge in [-0.1, -0.05) is 34.1 Å². The zero-order valence-corrected chi connectivity index (χ0v) is 13.9. The topological polar surface area (TPSA) is 41.5 Å². The van der Waals surface area contributed by atoms with Gasteiger partial charge < -0.3 is 15.2 Å². The fraction of sp³-hybridized carbons (Fsp3) is 0.294. The van der Waals surface area contributed by atoms with E-state index >= 15 is 0 Å². The van der Waals surface area contributed by atoms with Crippen molar-refractivity contribution in [2.75, 3.05) is 7.11 Å². The predicted octanol–water partition coefficient (Wildman–Crippen LogP) is 3.88. The summed E-state index contributed by atoms with van der Waals surface area (Å²) in [5, 5.41) is 13.4. The van der Waals surface area contributed by atoms with Gasteiger partial charge in [-0.2, -0.15) is 0 Å². The number of phenolic OH excluding ortho intramolecular Hbond substituents is 1. The third kappa shape index (κ3) is 4.76. The number of benzene rings is 2. The van der Waals surface area contributed by atoms with E-state index in [1.165, 1.54) is 5.56 Å². The van der Waals surface area contributed by atoms with Crippen LogP contribution in [0.15, 0.2) is 46.9 Å². The highest BCUT2D eigenvalue weighted by Gasteiger charge is 2.07. The fourth-order valence-electron chi connectivity index (χ4n) is 2.15. The molecule has 0 amide bonds. The van der Waals surface area contributed by atoms with Crippen molar-refractivity contribution in [3.05, 3.63) is 58.1 Å². The van der Waals surface area contributed by atoms with Crippen LogP contribution in [0.3, 0.4) is 0 Å². The first-order valence-electron chi connectivity index (χ1n) is 6.92. The lowest BCUT2D eigenvalue weighted by molar-refractivity contribution is 0.405. The van der Waals surface area contributed by atoms with Crippen LogP contribution in [0.1, 0.15) is 18.1 Å². The van der Waals surface area contributed by atoms with Gasteiger partial charge in [0.25, 0.3) is 0 Å². The molecule has 2 aromatic rings. The Kier molecular flexibility index (Phi) is 5.65. The van der Waals surface area contributed by atoms with E-state index in [1.54, 1.807) is 13.2 Å². The molecule has 2 N–H and O–H groups in total. The summed E-state index contributed by atoms with van der Waals surface area (Å²) in [6.45, 7) is 2.77. The highest BCUT2D eigenvalue weighted by atomic mass is 79.9. The number of halogens is 1. The van der Waals surface area contributed by atoms with Gasteiger partial charge in [0.2, 0.25) is 0 Å². The highest BCUT2D eigenvalue weighted by Crippen LogP contribution is 2.23. The van der Waals surface area contributed by atoms with Crippen LogP contribution in [0.2, 0.25) is 0 Å². The van der Waals surface area contributed by atoms with E-state index in [0.717, 1.165) is 16.5 Å². The zero-order chi connectivity index (χ0) is 15.2. The summed E-state index contributed by atoms with van der Waals surface area (Å²) in [6.07, 6.45) is 0.949. The number of aromatic hydroxyl groups is 1. The molecular formula is C17H20BrNO2. The van der Waals surface area contributed by atoms with Crippen LogP contribution in [0.25, 0.3) is 0 Å². The average Bonchev–Trinajstić information content (AvgIpc) is 2.48. The first-order chi connectivity index (χ1) is 10.1. The number of rotatable bonds is 6. The van der Waals surface area contributed by atoms with Crippen LogP contribution in [0, 0.1) is 0 Å². The van der Waals surface area contributed by atoms with E-state index in [0.29, 0.717) is 18.3 Å². The highest BCUT2D eigenvalue weighted by molar-refractivity contribution is 9.10. The number of hydrogen-bond acceptors (Lipinski definition) is 3. The van der Waals surface area contributed by atoms with E-state index < -0.39 is 0 Å². The van der Waals surface area contributed by atoms with E-state index in [9.17, 15) is 5.11 Å². The van der Waals surface area contributed by atoms with E-state index in [1.807, 2.05) is 12.1 Å². The molecule has 1 atom stereocenters. The Hall–Kier alpha value is -1.52. The van der Waals surface area contributed by atoms with Crippen LogP contribution in [-0.4, -0.2) is 18.3 Å². The summed E-state index contributed by atoms with van der Waals surface area (Å²) in [5.74, 6) is 0.928. The Morgan fingerprint density at radius 1 is 1.19 bits per heavy atom. The lowest BCUT2D eigenvalue weighted by Crippen LogP contribution is -2.27. The first-order valence-corrected chi connectivity index (χ1v) is 7.71. The second-order valence-electron chi connectivity index (χ2n) is 5.11. The zero-order valence-electron chi connectivity index (χ0n) is 12.3. The normalized spacial score (nSPS) is 12.1. The molecule has 1 unspecified atom stereocenters. The van der Waals surface area contributed by atoms with Gasteiger partial charge in [-0.25, -0.2) is 0 Å². The molecule has 0 heterocycles. The van der Waals surface area contributed by atoms with Gasteiger partial charge in [0.15, 0.2) is 0 Å². The van der Waals surface area contributed by atoms with Gasteiger partial charge in [0.1, 0.15) is 11.5 Å². The van der Waals surface area contributed by atoms with Gasteiger partial charge in [-0.05, 0) is 37.1 Å². The number of ether oxygens (including phenoxy) is 1. The second kappa shape index (κ2) is 7.48. The van der Waals surface area contributed by atoms with Gasteiger partial charge in [-0.3, -0.25) is 0 Å². The molecule has 0 fully saturated rings. The van der Waals surface area contributed by atoms with Gasteiger partial charge in [0, 0.05) is 28.7 Å². The summed E-state index contributed by atoms with van der Waals surface area (Å²) >= 11 is 3.44. The lowest BCUT2D eigenvalue weighted by Gasteiger charge is -2.15. The van der Waals surface area contributed by atoms with Crippen LogP contribution in [0.4, 0.5) is 0 Å². The Morgan fingerprint density at radius 2 is 1.90 bits per heavy atom. The minimum atomic E-state index is 0.262. The van der Waals surface area contributed by atoms with Crippen molar-refractivity contribution in [1.82, 2.24) is 5.32 Å². The summed E-state index contributed by atoms with van der Waals surface area (Å²) in [7, 11) is 1.59. The summed E-state index contributed by atoms with van der Waals surface area (Å²) in [5.41, 5.74) is 2.16. The van der Waals surface area contributed by atoms with Crippen molar-refractivity contribution in [2.45, 2.75) is 25.9 Å². The predicted molar refractivity (Wildman–Crippen MR) is 88.8 cm³/mol. The summed E-state index contributed by atoms with van der Waals surface area (Å²) < 4.78 is 6.17. The van der Waals surface area contributed by atoms with E-state index in [2.05, 4.69) is 52.4 Å². The van der Waals surface area contributed by atoms with Crippen molar-refractivity contribution in [1.29, 1.82) is 0 Å². The maximum atomic E-state index is 9.93. The Labute approximate surface area is 134 Å². The van der Waals surface area contributed by atoms with Crippen LogP contribution in [0.5, 0.6) is 11.5 Å². The van der Waals surface area contributed by atoms with Crippen molar-refractivity contribution < 1.29 is 9.84 Å². The molecule has 112 valence electrons. The monoisotopic (exact) mass is 349 g/mol. The van der Waals surface area contributed by atoms with Crippen molar-refractivity contribution in [3.8, 4) is 11.5 Å². The minimum absolute atomic E-state index is 0.262. The molecule has 2 rings (SSSR count). The van der Waals surface area contributed by atoms with Crippen molar-refractivity contribution >= 4 is 15.9 Å². The molecule has 0 saturated heterocycles. The van der Waals surface area contributed by atoms with E-state index in [-0.39, 0.29) is 5.75 Å².